The van der Waals surface area contributed by atoms with Gasteiger partial charge in [0.25, 0.3) is 0 Å². The van der Waals surface area contributed by atoms with Crippen LogP contribution in [0.2, 0.25) is 0 Å². The Kier molecular flexibility index (Phi) is 3.34. The molecule has 0 aliphatic heterocycles. The molecule has 0 unspecified atom stereocenters. The maximum Gasteiger partial charge on any atom is 0.371 e. The second kappa shape index (κ2) is 4.86. The van der Waals surface area contributed by atoms with Crippen LogP contribution in [-0.2, 0) is 4.84 Å². The summed E-state index contributed by atoms with van der Waals surface area (Å²) in [7, 11) is 0. The van der Waals surface area contributed by atoms with Crippen molar-refractivity contribution in [1.29, 1.82) is 0 Å². The van der Waals surface area contributed by atoms with Gasteiger partial charge in [0.05, 0.1) is 5.71 Å². The third-order valence-corrected chi connectivity index (χ3v) is 5.92. The molecular weight excluding hydrogens is 288 g/mol. The van der Waals surface area contributed by atoms with Crippen molar-refractivity contribution in [2.45, 2.75) is 40.0 Å². The van der Waals surface area contributed by atoms with Crippen LogP contribution in [0.1, 0.15) is 50.4 Å². The van der Waals surface area contributed by atoms with Crippen LogP contribution in [0, 0.1) is 28.4 Å². The van der Waals surface area contributed by atoms with Gasteiger partial charge in [0.15, 0.2) is 0 Å². The zero-order valence-corrected chi connectivity index (χ0v) is 13.0. The van der Waals surface area contributed by atoms with E-state index in [1.54, 1.807) is 0 Å². The molecule has 0 heterocycles. The largest absolute Gasteiger partial charge is 0.371 e. The Hall–Kier alpha value is -1.78. The Morgan fingerprint density at radius 3 is 2.41 bits per heavy atom. The van der Waals surface area contributed by atoms with Crippen molar-refractivity contribution < 1.29 is 18.4 Å². The molecule has 2 saturated carbocycles. The van der Waals surface area contributed by atoms with Crippen LogP contribution in [0.3, 0.4) is 0 Å². The van der Waals surface area contributed by atoms with Crippen LogP contribution < -0.4 is 0 Å². The highest BCUT2D eigenvalue weighted by Crippen LogP contribution is 2.63. The van der Waals surface area contributed by atoms with E-state index < -0.39 is 23.2 Å². The van der Waals surface area contributed by atoms with E-state index in [9.17, 15) is 13.6 Å². The van der Waals surface area contributed by atoms with E-state index in [0.717, 1.165) is 37.1 Å². The van der Waals surface area contributed by atoms with Crippen LogP contribution in [-0.4, -0.2) is 11.7 Å². The van der Waals surface area contributed by atoms with Crippen molar-refractivity contribution in [2.75, 3.05) is 0 Å². The van der Waals surface area contributed by atoms with E-state index in [1.807, 2.05) is 0 Å². The lowest BCUT2D eigenvalue weighted by atomic mass is 9.70. The van der Waals surface area contributed by atoms with E-state index in [0.29, 0.717) is 5.92 Å². The Labute approximate surface area is 128 Å². The van der Waals surface area contributed by atoms with Gasteiger partial charge < -0.3 is 4.84 Å². The van der Waals surface area contributed by atoms with Crippen LogP contribution in [0.15, 0.2) is 23.4 Å². The van der Waals surface area contributed by atoms with Crippen molar-refractivity contribution in [3.8, 4) is 0 Å². The molecule has 22 heavy (non-hydrogen) atoms. The number of carbonyl (C=O) groups is 1. The fourth-order valence-electron chi connectivity index (χ4n) is 3.90. The fraction of sp³-hybridized carbons (Fsp3) is 0.529. The van der Waals surface area contributed by atoms with Crippen molar-refractivity contribution in [1.82, 2.24) is 0 Å². The third kappa shape index (κ3) is 1.98. The van der Waals surface area contributed by atoms with Crippen LogP contribution in [0.4, 0.5) is 8.78 Å². The van der Waals surface area contributed by atoms with Gasteiger partial charge in [-0.15, -0.1) is 0 Å². The van der Waals surface area contributed by atoms with E-state index in [-0.39, 0.29) is 10.8 Å². The molecule has 1 aromatic rings. The number of hydrogen-bond donors (Lipinski definition) is 0. The van der Waals surface area contributed by atoms with Gasteiger partial charge in [-0.25, -0.2) is 13.6 Å². The lowest BCUT2D eigenvalue weighted by Gasteiger charge is -2.34. The lowest BCUT2D eigenvalue weighted by Crippen LogP contribution is -2.32. The minimum atomic E-state index is -1.09. The summed E-state index contributed by atoms with van der Waals surface area (Å²) in [5.74, 6) is -2.46. The quantitative estimate of drug-likeness (QED) is 0.603. The van der Waals surface area contributed by atoms with Gasteiger partial charge in [-0.2, -0.15) is 0 Å². The van der Waals surface area contributed by atoms with Gasteiger partial charge >= 0.3 is 5.97 Å². The molecule has 0 N–H and O–H groups in total. The summed E-state index contributed by atoms with van der Waals surface area (Å²) in [4.78, 5) is 16.8. The first-order valence-electron chi connectivity index (χ1n) is 7.50. The molecule has 0 spiro atoms. The molecule has 3 nitrogen and oxygen atoms in total. The van der Waals surface area contributed by atoms with Crippen molar-refractivity contribution in [2.24, 2.45) is 21.9 Å². The summed E-state index contributed by atoms with van der Waals surface area (Å²) < 4.78 is 27.1. The average Bonchev–Trinajstić information content (AvgIpc) is 2.77. The predicted octanol–water partition coefficient (Wildman–Crippen LogP) is 4.32. The van der Waals surface area contributed by atoms with Crippen LogP contribution >= 0.6 is 0 Å². The SMILES string of the molecule is CC1(C)[C@@H]2CC[C@@]1(C)/C(=N\OC(=O)c1c(F)cccc1F)C2. The molecule has 0 radical (unpaired) electrons. The van der Waals surface area contributed by atoms with Crippen LogP contribution in [0.5, 0.6) is 0 Å². The van der Waals surface area contributed by atoms with Gasteiger partial charge in [0.1, 0.15) is 17.2 Å². The van der Waals surface area contributed by atoms with Crippen molar-refractivity contribution >= 4 is 11.7 Å². The van der Waals surface area contributed by atoms with Gasteiger partial charge in [-0.3, -0.25) is 0 Å². The highest BCUT2D eigenvalue weighted by atomic mass is 19.1. The molecular formula is C17H19F2NO2. The molecule has 0 saturated heterocycles. The molecule has 118 valence electrons. The maximum absolute atomic E-state index is 13.6. The minimum absolute atomic E-state index is 0.0987. The van der Waals surface area contributed by atoms with Crippen molar-refractivity contribution in [3.05, 3.63) is 35.4 Å². The molecule has 2 fully saturated rings. The molecule has 3 rings (SSSR count). The second-order valence-corrected chi connectivity index (χ2v) is 7.01. The summed E-state index contributed by atoms with van der Waals surface area (Å²) >= 11 is 0. The summed E-state index contributed by atoms with van der Waals surface area (Å²) in [5.41, 5.74) is 0.103. The average molecular weight is 307 g/mol. The summed E-state index contributed by atoms with van der Waals surface area (Å²) in [6.45, 7) is 6.52. The summed E-state index contributed by atoms with van der Waals surface area (Å²) in [6.07, 6.45) is 2.91. The molecule has 0 amide bonds. The van der Waals surface area contributed by atoms with Gasteiger partial charge in [-0.1, -0.05) is 32.0 Å². The van der Waals surface area contributed by atoms with E-state index in [1.165, 1.54) is 6.07 Å². The highest BCUT2D eigenvalue weighted by Gasteiger charge is 2.60. The number of halogens is 2. The standard InChI is InChI=1S/C17H19F2NO2/c1-16(2)10-7-8-17(16,3)13(9-10)20-22-15(21)14-11(18)5-4-6-12(14)19/h4-6,10H,7-9H2,1-3H3/b20-13-/t10-,17+/m1/s1. The fourth-order valence-corrected chi connectivity index (χ4v) is 3.90. The first-order valence-corrected chi connectivity index (χ1v) is 7.50. The Bertz CT molecular complexity index is 648. The Balaban J connectivity index is 1.83. The molecule has 1 aromatic carbocycles. The van der Waals surface area contributed by atoms with Gasteiger partial charge in [0, 0.05) is 5.41 Å². The number of oxime groups is 1. The minimum Gasteiger partial charge on any atom is -0.313 e. The third-order valence-electron chi connectivity index (χ3n) is 5.92. The zero-order valence-electron chi connectivity index (χ0n) is 13.0. The number of benzene rings is 1. The summed E-state index contributed by atoms with van der Waals surface area (Å²) in [5, 5.41) is 3.97. The van der Waals surface area contributed by atoms with Crippen molar-refractivity contribution in [3.63, 3.8) is 0 Å². The zero-order chi connectivity index (χ0) is 16.1. The molecule has 2 aliphatic carbocycles. The highest BCUT2D eigenvalue weighted by molar-refractivity contribution is 5.95. The number of hydrogen-bond acceptors (Lipinski definition) is 3. The number of fused-ring (bicyclic) bond motifs is 2. The smallest absolute Gasteiger partial charge is 0.313 e. The predicted molar refractivity (Wildman–Crippen MR) is 78.4 cm³/mol. The first kappa shape index (κ1) is 15.1. The van der Waals surface area contributed by atoms with E-state index in [2.05, 4.69) is 25.9 Å². The molecule has 5 heteroatoms. The number of nitrogens with zero attached hydrogens (tertiary/aromatic N) is 1. The normalized spacial score (nSPS) is 30.8. The molecule has 0 aromatic heterocycles. The topological polar surface area (TPSA) is 38.7 Å². The van der Waals surface area contributed by atoms with E-state index in [4.69, 9.17) is 4.84 Å². The van der Waals surface area contributed by atoms with E-state index >= 15 is 0 Å². The lowest BCUT2D eigenvalue weighted by molar-refractivity contribution is 0.0497. The van der Waals surface area contributed by atoms with Gasteiger partial charge in [0.2, 0.25) is 0 Å². The Morgan fingerprint density at radius 1 is 1.27 bits per heavy atom. The number of carbonyl (C=O) groups excluding carboxylic acids is 1. The van der Waals surface area contributed by atoms with Gasteiger partial charge in [-0.05, 0) is 42.7 Å². The molecule has 2 atom stereocenters. The summed E-state index contributed by atoms with van der Waals surface area (Å²) in [6, 6.07) is 3.25. The molecule has 2 aliphatic rings. The first-order chi connectivity index (χ1) is 10.3. The monoisotopic (exact) mass is 307 g/mol. The molecule has 2 bridgehead atoms. The second-order valence-electron chi connectivity index (χ2n) is 7.01. The Morgan fingerprint density at radius 2 is 1.91 bits per heavy atom. The number of rotatable bonds is 2. The maximum atomic E-state index is 13.6. The van der Waals surface area contributed by atoms with Crippen LogP contribution in [0.25, 0.3) is 0 Å².